The van der Waals surface area contributed by atoms with Crippen LogP contribution in [0.1, 0.15) is 0 Å². The lowest BCUT2D eigenvalue weighted by Gasteiger charge is -2.08. The Bertz CT molecular complexity index is 360. The highest BCUT2D eigenvalue weighted by Gasteiger charge is 2.18. The van der Waals surface area contributed by atoms with Gasteiger partial charge in [-0.05, 0) is 12.1 Å². The Morgan fingerprint density at radius 2 is 1.94 bits per heavy atom. The zero-order chi connectivity index (χ0) is 11.8. The minimum atomic E-state index is -1.39. The molecule has 1 atom stereocenters. The van der Waals surface area contributed by atoms with Crippen LogP contribution in [0.2, 0.25) is 0 Å². The number of carbonyl (C=O) groups excluding carboxylic acids is 3. The van der Waals surface area contributed by atoms with Crippen LogP contribution in [0, 0.1) is 0 Å². The maximum absolute atomic E-state index is 11.3. The third kappa shape index (κ3) is 3.53. The Morgan fingerprint density at radius 3 is 2.50 bits per heavy atom. The number of carbonyl (C=O) groups is 3. The van der Waals surface area contributed by atoms with Gasteiger partial charge in [-0.3, -0.25) is 14.4 Å². The van der Waals surface area contributed by atoms with Gasteiger partial charge in [-0.2, -0.15) is 0 Å². The molecule has 1 unspecified atom stereocenters. The molecule has 0 bridgehead atoms. The zero-order valence-corrected chi connectivity index (χ0v) is 8.37. The van der Waals surface area contributed by atoms with Crippen molar-refractivity contribution in [3.8, 4) is 5.75 Å². The van der Waals surface area contributed by atoms with Crippen molar-refractivity contribution in [3.63, 3.8) is 0 Å². The quantitative estimate of drug-likeness (QED) is 0.492. The Morgan fingerprint density at radius 1 is 1.25 bits per heavy atom. The summed E-state index contributed by atoms with van der Waals surface area (Å²) in [5.41, 5.74) is 0. The van der Waals surface area contributed by atoms with E-state index in [0.29, 0.717) is 5.75 Å². The van der Waals surface area contributed by atoms with Gasteiger partial charge in [0, 0.05) is 0 Å². The van der Waals surface area contributed by atoms with Gasteiger partial charge in [-0.1, -0.05) is 18.2 Å². The normalized spacial score (nSPS) is 11.2. The summed E-state index contributed by atoms with van der Waals surface area (Å²) >= 11 is 0. The zero-order valence-electron chi connectivity index (χ0n) is 8.37. The molecular weight excluding hydrogens is 212 g/mol. The molecule has 84 valence electrons. The summed E-state index contributed by atoms with van der Waals surface area (Å²) in [7, 11) is 0. The fourth-order valence-electron chi connectivity index (χ4n) is 0.997. The first kappa shape index (κ1) is 11.9. The van der Waals surface area contributed by atoms with Crippen LogP contribution < -0.4 is 4.74 Å². The van der Waals surface area contributed by atoms with Crippen LogP contribution in [-0.2, 0) is 19.1 Å². The number of Topliss-reactive ketones (excluding diaryl/α,β-unsaturated/α-hetero) is 1. The third-order valence-electron chi connectivity index (χ3n) is 1.77. The summed E-state index contributed by atoms with van der Waals surface area (Å²) in [6.45, 7) is -0.263. The fraction of sp³-hybridized carbons (Fsp3) is 0.182. The van der Waals surface area contributed by atoms with Crippen LogP contribution in [-0.4, -0.2) is 31.3 Å². The summed E-state index contributed by atoms with van der Waals surface area (Å²) in [6, 6.07) is 8.64. The topological polar surface area (TPSA) is 69.7 Å². The first-order chi connectivity index (χ1) is 7.77. The first-order valence-corrected chi connectivity index (χ1v) is 4.53. The van der Waals surface area contributed by atoms with Crippen molar-refractivity contribution in [3.05, 3.63) is 30.3 Å². The van der Waals surface area contributed by atoms with Crippen LogP contribution in [0.4, 0.5) is 0 Å². The molecule has 0 aromatic heterocycles. The van der Waals surface area contributed by atoms with Gasteiger partial charge in [0.25, 0.3) is 6.47 Å². The highest BCUT2D eigenvalue weighted by atomic mass is 16.5. The average molecular weight is 222 g/mol. The predicted molar refractivity (Wildman–Crippen MR) is 53.9 cm³/mol. The van der Waals surface area contributed by atoms with Crippen molar-refractivity contribution in [1.82, 2.24) is 0 Å². The van der Waals surface area contributed by atoms with Crippen molar-refractivity contribution in [2.75, 3.05) is 6.61 Å². The molecule has 0 N–H and O–H groups in total. The second kappa shape index (κ2) is 6.34. The van der Waals surface area contributed by atoms with E-state index in [4.69, 9.17) is 4.74 Å². The standard InChI is InChI=1S/C11H10O5/c12-6-11(16-8-13)10(14)7-15-9-4-2-1-3-5-9/h1-6,8,11H,7H2. The molecule has 1 aromatic carbocycles. The van der Waals surface area contributed by atoms with Gasteiger partial charge in [0.2, 0.25) is 11.9 Å². The second-order valence-electron chi connectivity index (χ2n) is 2.86. The van der Waals surface area contributed by atoms with E-state index in [2.05, 4.69) is 4.74 Å². The fourth-order valence-corrected chi connectivity index (χ4v) is 0.997. The SMILES string of the molecule is O=COC(C=O)C(=O)COc1ccccc1. The molecule has 5 heteroatoms. The Balaban J connectivity index is 2.45. The van der Waals surface area contributed by atoms with Crippen LogP contribution in [0.3, 0.4) is 0 Å². The lowest BCUT2D eigenvalue weighted by atomic mass is 10.2. The number of ether oxygens (including phenoxy) is 2. The molecule has 1 aromatic rings. The number of rotatable bonds is 7. The smallest absolute Gasteiger partial charge is 0.294 e. The average Bonchev–Trinajstić information content (AvgIpc) is 2.34. The van der Waals surface area contributed by atoms with E-state index >= 15 is 0 Å². The number of hydrogen-bond donors (Lipinski definition) is 0. The van der Waals surface area contributed by atoms with Crippen molar-refractivity contribution in [2.24, 2.45) is 0 Å². The van der Waals surface area contributed by atoms with Crippen LogP contribution in [0.25, 0.3) is 0 Å². The van der Waals surface area contributed by atoms with Gasteiger partial charge in [0.1, 0.15) is 5.75 Å². The molecule has 0 spiro atoms. The van der Waals surface area contributed by atoms with Crippen molar-refractivity contribution in [1.29, 1.82) is 0 Å². The van der Waals surface area contributed by atoms with E-state index in [1.165, 1.54) is 0 Å². The van der Waals surface area contributed by atoms with Gasteiger partial charge in [-0.25, -0.2) is 0 Å². The Labute approximate surface area is 92.0 Å². The first-order valence-electron chi connectivity index (χ1n) is 4.53. The molecule has 5 nitrogen and oxygen atoms in total. The van der Waals surface area contributed by atoms with Gasteiger partial charge in [-0.15, -0.1) is 0 Å². The van der Waals surface area contributed by atoms with Gasteiger partial charge in [0.05, 0.1) is 0 Å². The largest absolute Gasteiger partial charge is 0.486 e. The highest BCUT2D eigenvalue weighted by molar-refractivity contribution is 5.97. The van der Waals surface area contributed by atoms with Gasteiger partial charge < -0.3 is 9.47 Å². The number of ketones is 1. The summed E-state index contributed by atoms with van der Waals surface area (Å²) in [5, 5.41) is 0. The summed E-state index contributed by atoms with van der Waals surface area (Å²) < 4.78 is 9.36. The number of aldehydes is 1. The predicted octanol–water partition coefficient (Wildman–Crippen LogP) is 0.375. The van der Waals surface area contributed by atoms with E-state index in [9.17, 15) is 14.4 Å². The molecule has 0 saturated heterocycles. The second-order valence-corrected chi connectivity index (χ2v) is 2.86. The highest BCUT2D eigenvalue weighted by Crippen LogP contribution is 2.08. The minimum absolute atomic E-state index is 0.0550. The van der Waals surface area contributed by atoms with E-state index in [1.807, 2.05) is 0 Å². The summed E-state index contributed by atoms with van der Waals surface area (Å²) in [4.78, 5) is 31.7. The summed E-state index contributed by atoms with van der Waals surface area (Å²) in [5.74, 6) is -0.0995. The van der Waals surface area contributed by atoms with E-state index < -0.39 is 11.9 Å². The molecular formula is C11H10O5. The van der Waals surface area contributed by atoms with Crippen LogP contribution in [0.5, 0.6) is 5.75 Å². The molecule has 0 radical (unpaired) electrons. The molecule has 0 aliphatic carbocycles. The molecule has 0 amide bonds. The van der Waals surface area contributed by atoms with E-state index in [0.717, 1.165) is 0 Å². The Hall–Kier alpha value is -2.17. The number of hydrogen-bond acceptors (Lipinski definition) is 5. The Kier molecular flexibility index (Phi) is 4.72. The maximum Gasteiger partial charge on any atom is 0.294 e. The lowest BCUT2D eigenvalue weighted by molar-refractivity contribution is -0.148. The third-order valence-corrected chi connectivity index (χ3v) is 1.77. The van der Waals surface area contributed by atoms with E-state index in [1.54, 1.807) is 30.3 Å². The van der Waals surface area contributed by atoms with Gasteiger partial charge >= 0.3 is 0 Å². The van der Waals surface area contributed by atoms with Crippen LogP contribution in [0.15, 0.2) is 30.3 Å². The molecule has 0 saturated carbocycles. The molecule has 0 heterocycles. The molecule has 0 fully saturated rings. The maximum atomic E-state index is 11.3. The molecule has 0 aliphatic heterocycles. The lowest BCUT2D eigenvalue weighted by Crippen LogP contribution is -2.30. The number of para-hydroxylation sites is 1. The van der Waals surface area contributed by atoms with Crippen molar-refractivity contribution >= 4 is 18.5 Å². The van der Waals surface area contributed by atoms with E-state index in [-0.39, 0.29) is 19.4 Å². The van der Waals surface area contributed by atoms with Gasteiger partial charge in [0.15, 0.2) is 12.9 Å². The monoisotopic (exact) mass is 222 g/mol. The molecule has 1 rings (SSSR count). The van der Waals surface area contributed by atoms with Crippen molar-refractivity contribution in [2.45, 2.75) is 6.10 Å². The molecule has 0 aliphatic rings. The summed E-state index contributed by atoms with van der Waals surface area (Å²) in [6.07, 6.45) is -1.13. The van der Waals surface area contributed by atoms with Crippen molar-refractivity contribution < 1.29 is 23.9 Å². The number of benzene rings is 1. The molecule has 16 heavy (non-hydrogen) atoms. The van der Waals surface area contributed by atoms with Crippen LogP contribution >= 0.6 is 0 Å². The minimum Gasteiger partial charge on any atom is -0.486 e.